The number of fused-ring (bicyclic) bond motifs is 2. The second-order valence-electron chi connectivity index (χ2n) is 17.4. The van der Waals surface area contributed by atoms with Gasteiger partial charge in [0.2, 0.25) is 23.7 Å². The van der Waals surface area contributed by atoms with E-state index in [1.54, 1.807) is 41.5 Å². The summed E-state index contributed by atoms with van der Waals surface area (Å²) in [5, 5.41) is 36.3. The standard InChI is InChI=1S/C41H63N9O10S2/c1-20-22(3)33(24(5)27-18-40(8,9)59-31(20)27)61(55,56)49-38(43)45-16-12-14-29(42)36(52)47-26(7)35(51)48-30(37(53)54)15-13-17-46-39(44)50-62(57,58)34-23(4)21(2)32-28(25(34)6)19-41(10,11)60-32/h26,29-30H,12-19,42H2,1-11H3,(H,47,52)(H,48,51)(H,53,54)(H3,43,45,49)(H3,44,46,50)/t26-,29+,30-/m1/s1. The maximum absolute atomic E-state index is 13.4. The molecule has 3 atom stereocenters. The molecule has 2 aromatic carbocycles. The Hall–Kier alpha value is -5.15. The van der Waals surface area contributed by atoms with Gasteiger partial charge in [-0.3, -0.25) is 20.4 Å². The Balaban J connectivity index is 1.19. The Labute approximate surface area is 364 Å². The van der Waals surface area contributed by atoms with Gasteiger partial charge in [-0.05, 0) is 135 Å². The van der Waals surface area contributed by atoms with Crippen molar-refractivity contribution in [2.24, 2.45) is 5.73 Å². The number of carboxylic acids is 1. The molecule has 0 aliphatic carbocycles. The summed E-state index contributed by atoms with van der Waals surface area (Å²) < 4.78 is 70.4. The van der Waals surface area contributed by atoms with Crippen LogP contribution in [-0.2, 0) is 47.3 Å². The largest absolute Gasteiger partial charge is 0.487 e. The molecule has 62 heavy (non-hydrogen) atoms. The molecule has 2 aliphatic rings. The Morgan fingerprint density at radius 3 is 1.48 bits per heavy atom. The van der Waals surface area contributed by atoms with Gasteiger partial charge in [0.05, 0.1) is 15.8 Å². The summed E-state index contributed by atoms with van der Waals surface area (Å²) in [6, 6.07) is -3.58. The van der Waals surface area contributed by atoms with Crippen LogP contribution in [0, 0.1) is 52.4 Å². The summed E-state index contributed by atoms with van der Waals surface area (Å²) in [6.07, 6.45) is 1.50. The number of ether oxygens (including phenoxy) is 2. The fourth-order valence-electron chi connectivity index (χ4n) is 7.86. The first-order valence-electron chi connectivity index (χ1n) is 20.4. The lowest BCUT2D eigenvalue weighted by Crippen LogP contribution is -2.53. The predicted octanol–water partition coefficient (Wildman–Crippen LogP) is 2.23. The number of nitrogens with two attached hydrogens (primary N) is 1. The molecule has 19 nitrogen and oxygen atoms in total. The number of carboxylic acid groups (broad SMARTS) is 1. The molecule has 0 saturated heterocycles. The van der Waals surface area contributed by atoms with Gasteiger partial charge in [0.1, 0.15) is 34.8 Å². The molecule has 2 heterocycles. The highest BCUT2D eigenvalue weighted by molar-refractivity contribution is 7.90. The minimum absolute atomic E-state index is 0.00762. The van der Waals surface area contributed by atoms with Crippen molar-refractivity contribution in [1.29, 1.82) is 10.8 Å². The summed E-state index contributed by atoms with van der Waals surface area (Å²) in [5.74, 6) is -2.39. The van der Waals surface area contributed by atoms with E-state index in [1.807, 2.05) is 27.7 Å². The fraction of sp³-hybridized carbons (Fsp3) is 0.585. The van der Waals surface area contributed by atoms with E-state index in [9.17, 15) is 36.3 Å². The summed E-state index contributed by atoms with van der Waals surface area (Å²) in [5.41, 5.74) is 10.3. The number of nitrogens with one attached hydrogen (secondary N) is 8. The highest BCUT2D eigenvalue weighted by atomic mass is 32.2. The van der Waals surface area contributed by atoms with Gasteiger partial charge in [-0.1, -0.05) is 0 Å². The molecule has 11 N–H and O–H groups in total. The third-order valence-corrected chi connectivity index (χ3v) is 14.5. The Bertz CT molecular complexity index is 2380. The summed E-state index contributed by atoms with van der Waals surface area (Å²) in [4.78, 5) is 37.8. The molecule has 344 valence electrons. The molecule has 0 unspecified atom stereocenters. The number of carbonyl (C=O) groups excluding carboxylic acids is 2. The van der Waals surface area contributed by atoms with Crippen LogP contribution >= 0.6 is 0 Å². The van der Waals surface area contributed by atoms with Gasteiger partial charge in [0.15, 0.2) is 0 Å². The molecule has 2 aromatic rings. The monoisotopic (exact) mass is 905 g/mol. The summed E-state index contributed by atoms with van der Waals surface area (Å²) in [7, 11) is -8.30. The lowest BCUT2D eigenvalue weighted by molar-refractivity contribution is -0.142. The maximum atomic E-state index is 13.4. The zero-order valence-corrected chi connectivity index (χ0v) is 39.0. The lowest BCUT2D eigenvalue weighted by Gasteiger charge is -2.21. The van der Waals surface area contributed by atoms with Crippen molar-refractivity contribution in [3.63, 3.8) is 0 Å². The molecule has 0 fully saturated rings. The molecule has 0 saturated carbocycles. The van der Waals surface area contributed by atoms with Crippen molar-refractivity contribution in [1.82, 2.24) is 30.7 Å². The van der Waals surface area contributed by atoms with Gasteiger partial charge in [0, 0.05) is 37.1 Å². The number of rotatable bonds is 17. The molecule has 21 heteroatoms. The number of hydrogen-bond acceptors (Lipinski definition) is 12. The van der Waals surface area contributed by atoms with Crippen LogP contribution in [0.4, 0.5) is 0 Å². The molecule has 0 aromatic heterocycles. The molecular weight excluding hydrogens is 843 g/mol. The SMILES string of the molecule is Cc1c(C)c(S(=O)(=O)NC(=N)NCCC[C@H](N)C(=O)N[C@H](C)C(=O)N[C@H](CCCNC(=N)NS(=O)(=O)c2c(C)c(C)c3c(c2C)CC(C)(C)O3)C(=O)O)c(C)c2c1OC(C)(C)C2. The number of carbonyl (C=O) groups is 3. The second kappa shape index (κ2) is 18.7. The zero-order valence-electron chi connectivity index (χ0n) is 37.4. The number of benzene rings is 2. The fourth-order valence-corrected chi connectivity index (χ4v) is 10.9. The minimum atomic E-state index is -4.17. The molecule has 0 bridgehead atoms. The highest BCUT2D eigenvalue weighted by Gasteiger charge is 2.38. The Morgan fingerprint density at radius 2 is 1.08 bits per heavy atom. The second-order valence-corrected chi connectivity index (χ2v) is 20.7. The van der Waals surface area contributed by atoms with Crippen LogP contribution in [0.5, 0.6) is 11.5 Å². The van der Waals surface area contributed by atoms with E-state index in [0.717, 1.165) is 16.7 Å². The van der Waals surface area contributed by atoms with Crippen molar-refractivity contribution in [3.05, 3.63) is 44.5 Å². The lowest BCUT2D eigenvalue weighted by atomic mass is 9.94. The molecule has 2 amide bonds. The van der Waals surface area contributed by atoms with Crippen molar-refractivity contribution >= 4 is 49.7 Å². The minimum Gasteiger partial charge on any atom is -0.487 e. The average Bonchev–Trinajstić information content (AvgIpc) is 3.67. The third kappa shape index (κ3) is 11.3. The summed E-state index contributed by atoms with van der Waals surface area (Å²) >= 11 is 0. The van der Waals surface area contributed by atoms with Gasteiger partial charge >= 0.3 is 5.97 Å². The molecule has 2 aliphatic heterocycles. The van der Waals surface area contributed by atoms with Crippen LogP contribution in [-0.4, -0.2) is 94.1 Å². The third-order valence-electron chi connectivity index (χ3n) is 11.3. The van der Waals surface area contributed by atoms with E-state index >= 15 is 0 Å². The maximum Gasteiger partial charge on any atom is 0.326 e. The van der Waals surface area contributed by atoms with Gasteiger partial charge in [-0.25, -0.2) is 31.1 Å². The topological polar surface area (TPSA) is 304 Å². The van der Waals surface area contributed by atoms with E-state index in [2.05, 4.69) is 30.7 Å². The number of hydrogen-bond donors (Lipinski definition) is 10. The molecular formula is C41H63N9O10S2. The van der Waals surface area contributed by atoms with Gasteiger partial charge in [0.25, 0.3) is 20.0 Å². The smallest absolute Gasteiger partial charge is 0.326 e. The van der Waals surface area contributed by atoms with Crippen LogP contribution in [0.3, 0.4) is 0 Å². The van der Waals surface area contributed by atoms with Crippen LogP contribution in [0.1, 0.15) is 105 Å². The predicted molar refractivity (Wildman–Crippen MR) is 234 cm³/mol. The van der Waals surface area contributed by atoms with Crippen LogP contribution in [0.2, 0.25) is 0 Å². The molecule has 4 rings (SSSR count). The van der Waals surface area contributed by atoms with Crippen LogP contribution in [0.15, 0.2) is 9.79 Å². The van der Waals surface area contributed by atoms with Crippen LogP contribution in [0.25, 0.3) is 0 Å². The van der Waals surface area contributed by atoms with Crippen LogP contribution < -0.4 is 45.9 Å². The van der Waals surface area contributed by atoms with E-state index in [1.165, 1.54) is 6.92 Å². The zero-order chi connectivity index (χ0) is 46.9. The van der Waals surface area contributed by atoms with Gasteiger partial charge in [-0.2, -0.15) is 0 Å². The van der Waals surface area contributed by atoms with Crippen molar-refractivity contribution in [2.75, 3.05) is 13.1 Å². The Kier molecular flexibility index (Phi) is 14.9. The van der Waals surface area contributed by atoms with E-state index in [4.69, 9.17) is 26.0 Å². The van der Waals surface area contributed by atoms with E-state index in [0.29, 0.717) is 52.2 Å². The first-order valence-corrected chi connectivity index (χ1v) is 23.4. The van der Waals surface area contributed by atoms with Crippen molar-refractivity contribution in [3.8, 4) is 11.5 Å². The van der Waals surface area contributed by atoms with Gasteiger partial charge < -0.3 is 41.6 Å². The van der Waals surface area contributed by atoms with E-state index in [-0.39, 0.29) is 48.6 Å². The van der Waals surface area contributed by atoms with Crippen molar-refractivity contribution < 1.29 is 45.8 Å². The molecule has 0 spiro atoms. The highest BCUT2D eigenvalue weighted by Crippen LogP contribution is 2.45. The van der Waals surface area contributed by atoms with E-state index < -0.39 is 79.1 Å². The first-order chi connectivity index (χ1) is 28.5. The number of guanidine groups is 2. The number of aliphatic carboxylic acids is 1. The number of sulfonamides is 2. The van der Waals surface area contributed by atoms with Crippen molar-refractivity contribution in [2.45, 2.75) is 154 Å². The first kappa shape index (κ1) is 49.5. The average molecular weight is 906 g/mol. The summed E-state index contributed by atoms with van der Waals surface area (Å²) in [6.45, 7) is 19.6. The molecule has 0 radical (unpaired) electrons. The number of amides is 2. The quantitative estimate of drug-likeness (QED) is 0.0620. The normalized spacial score (nSPS) is 16.3. The van der Waals surface area contributed by atoms with Gasteiger partial charge in [-0.15, -0.1) is 0 Å². The Morgan fingerprint density at radius 1 is 0.677 bits per heavy atom.